The lowest BCUT2D eigenvalue weighted by molar-refractivity contribution is 0.196. The summed E-state index contributed by atoms with van der Waals surface area (Å²) in [5.74, 6) is 0.295. The second kappa shape index (κ2) is 9.76. The predicted molar refractivity (Wildman–Crippen MR) is 133 cm³/mol. The molecule has 0 aromatic carbocycles. The molecule has 12 nitrogen and oxygen atoms in total. The van der Waals surface area contributed by atoms with E-state index in [4.69, 9.17) is 4.74 Å². The minimum Gasteiger partial charge on any atom is -0.477 e. The molecule has 2 N–H and O–H groups in total. The topological polar surface area (TPSA) is 150 Å². The Hall–Kier alpha value is -3.68. The zero-order valence-corrected chi connectivity index (χ0v) is 20.7. The van der Waals surface area contributed by atoms with Crippen molar-refractivity contribution in [2.75, 3.05) is 39.3 Å². The van der Waals surface area contributed by atoms with E-state index in [-0.39, 0.29) is 27.7 Å². The van der Waals surface area contributed by atoms with Gasteiger partial charge >= 0.3 is 0 Å². The standard InChI is InChI=1S/C23H26N8O4S/c1-3-30-8-10-31(11-9-30)36(33,34)16-12-17(23(25-14-16)35-4-2)21-26-19-18(15-6-5-7-24-13-15)28-29-20(19)22(32)27-21/h5-7,12-14H,3-4,8-11H2,1-2H3,(H,28,29)(H,26,27,32). The number of nitrogens with zero attached hydrogens (tertiary/aromatic N) is 6. The first-order chi connectivity index (χ1) is 17.4. The van der Waals surface area contributed by atoms with Crippen LogP contribution in [-0.2, 0) is 10.0 Å². The number of aromatic nitrogens is 6. The van der Waals surface area contributed by atoms with E-state index >= 15 is 0 Å². The van der Waals surface area contributed by atoms with Gasteiger partial charge in [-0.2, -0.15) is 9.40 Å². The normalized spacial score (nSPS) is 15.4. The van der Waals surface area contributed by atoms with Gasteiger partial charge in [-0.05, 0) is 31.7 Å². The van der Waals surface area contributed by atoms with Gasteiger partial charge in [-0.1, -0.05) is 6.92 Å². The van der Waals surface area contributed by atoms with Crippen molar-refractivity contribution in [3.63, 3.8) is 0 Å². The van der Waals surface area contributed by atoms with Gasteiger partial charge in [0.1, 0.15) is 27.4 Å². The Balaban J connectivity index is 1.61. The lowest BCUT2D eigenvalue weighted by Crippen LogP contribution is -2.48. The molecule has 36 heavy (non-hydrogen) atoms. The van der Waals surface area contributed by atoms with Gasteiger partial charge in [0.15, 0.2) is 0 Å². The molecule has 0 aliphatic carbocycles. The molecule has 1 fully saturated rings. The number of hydrogen-bond donors (Lipinski definition) is 2. The van der Waals surface area contributed by atoms with Crippen molar-refractivity contribution >= 4 is 21.1 Å². The van der Waals surface area contributed by atoms with Gasteiger partial charge in [-0.25, -0.2) is 18.4 Å². The van der Waals surface area contributed by atoms with E-state index in [1.165, 1.54) is 16.6 Å². The number of aromatic amines is 2. The Labute approximate surface area is 207 Å². The first kappa shape index (κ1) is 24.0. The zero-order chi connectivity index (χ0) is 25.3. The average molecular weight is 511 g/mol. The molecule has 188 valence electrons. The smallest absolute Gasteiger partial charge is 0.277 e. The van der Waals surface area contributed by atoms with E-state index in [0.29, 0.717) is 49.6 Å². The molecule has 4 aromatic heterocycles. The zero-order valence-electron chi connectivity index (χ0n) is 19.9. The van der Waals surface area contributed by atoms with E-state index in [1.807, 2.05) is 6.07 Å². The summed E-state index contributed by atoms with van der Waals surface area (Å²) in [6.45, 7) is 7.12. The molecule has 0 saturated carbocycles. The van der Waals surface area contributed by atoms with Crippen molar-refractivity contribution in [2.24, 2.45) is 0 Å². The summed E-state index contributed by atoms with van der Waals surface area (Å²) in [5, 5.41) is 6.97. The largest absolute Gasteiger partial charge is 0.477 e. The maximum absolute atomic E-state index is 13.4. The van der Waals surface area contributed by atoms with Crippen LogP contribution in [0, 0.1) is 0 Å². The van der Waals surface area contributed by atoms with Gasteiger partial charge < -0.3 is 14.6 Å². The number of ether oxygens (including phenoxy) is 1. The molecular weight excluding hydrogens is 484 g/mol. The second-order valence-electron chi connectivity index (χ2n) is 8.25. The molecule has 5 rings (SSSR count). The summed E-state index contributed by atoms with van der Waals surface area (Å²) in [5.41, 5.74) is 1.47. The number of piperazine rings is 1. The first-order valence-electron chi connectivity index (χ1n) is 11.7. The van der Waals surface area contributed by atoms with E-state index < -0.39 is 15.6 Å². The lowest BCUT2D eigenvalue weighted by atomic mass is 10.2. The maximum atomic E-state index is 13.4. The number of sulfonamides is 1. The number of rotatable bonds is 7. The molecule has 0 unspecified atom stereocenters. The molecule has 1 aliphatic heterocycles. The molecule has 0 atom stereocenters. The average Bonchev–Trinajstić information content (AvgIpc) is 3.34. The van der Waals surface area contributed by atoms with Crippen LogP contribution in [0.2, 0.25) is 0 Å². The lowest BCUT2D eigenvalue weighted by Gasteiger charge is -2.33. The molecule has 1 saturated heterocycles. The molecule has 5 heterocycles. The van der Waals surface area contributed by atoms with Crippen molar-refractivity contribution in [1.82, 2.24) is 39.3 Å². The molecule has 0 amide bonds. The van der Waals surface area contributed by atoms with Crippen LogP contribution in [0.3, 0.4) is 0 Å². The van der Waals surface area contributed by atoms with Crippen molar-refractivity contribution in [3.05, 3.63) is 47.1 Å². The highest BCUT2D eigenvalue weighted by molar-refractivity contribution is 7.89. The minimum atomic E-state index is -3.81. The fourth-order valence-corrected chi connectivity index (χ4v) is 5.57. The number of fused-ring (bicyclic) bond motifs is 1. The fraction of sp³-hybridized carbons (Fsp3) is 0.348. The van der Waals surface area contributed by atoms with Crippen LogP contribution in [0.1, 0.15) is 13.8 Å². The third-order valence-electron chi connectivity index (χ3n) is 6.14. The van der Waals surface area contributed by atoms with Crippen molar-refractivity contribution in [1.29, 1.82) is 0 Å². The molecule has 0 bridgehead atoms. The molecule has 0 radical (unpaired) electrons. The van der Waals surface area contributed by atoms with Crippen LogP contribution in [0.25, 0.3) is 33.7 Å². The third-order valence-corrected chi connectivity index (χ3v) is 8.00. The van der Waals surface area contributed by atoms with Crippen LogP contribution in [0.5, 0.6) is 5.88 Å². The number of pyridine rings is 2. The van der Waals surface area contributed by atoms with Gasteiger partial charge in [0.25, 0.3) is 5.56 Å². The van der Waals surface area contributed by atoms with Crippen LogP contribution >= 0.6 is 0 Å². The molecule has 13 heteroatoms. The minimum absolute atomic E-state index is 0.00771. The summed E-state index contributed by atoms with van der Waals surface area (Å²) >= 11 is 0. The van der Waals surface area contributed by atoms with Crippen molar-refractivity contribution in [3.8, 4) is 28.5 Å². The Bertz CT molecular complexity index is 1540. The third kappa shape index (κ3) is 4.36. The van der Waals surface area contributed by atoms with Gasteiger partial charge in [-0.3, -0.25) is 14.9 Å². The Morgan fingerprint density at radius 1 is 1.14 bits per heavy atom. The highest BCUT2D eigenvalue weighted by Crippen LogP contribution is 2.31. The van der Waals surface area contributed by atoms with E-state index in [2.05, 4.69) is 42.0 Å². The Morgan fingerprint density at radius 3 is 2.64 bits per heavy atom. The molecular formula is C23H26N8O4S. The monoisotopic (exact) mass is 510 g/mol. The summed E-state index contributed by atoms with van der Waals surface area (Å²) in [6, 6.07) is 5.02. The number of nitrogens with one attached hydrogen (secondary N) is 2. The molecule has 4 aromatic rings. The van der Waals surface area contributed by atoms with Crippen LogP contribution in [-0.4, -0.2) is 87.1 Å². The summed E-state index contributed by atoms with van der Waals surface area (Å²) in [6.07, 6.45) is 4.54. The second-order valence-corrected chi connectivity index (χ2v) is 10.2. The summed E-state index contributed by atoms with van der Waals surface area (Å²) in [4.78, 5) is 30.8. The van der Waals surface area contributed by atoms with Crippen molar-refractivity contribution in [2.45, 2.75) is 18.7 Å². The molecule has 0 spiro atoms. The van der Waals surface area contributed by atoms with Gasteiger partial charge in [-0.15, -0.1) is 0 Å². The quantitative estimate of drug-likeness (QED) is 0.377. The van der Waals surface area contributed by atoms with E-state index in [1.54, 1.807) is 25.4 Å². The van der Waals surface area contributed by atoms with Crippen LogP contribution < -0.4 is 10.3 Å². The number of H-pyrrole nitrogens is 2. The number of hydrogen-bond acceptors (Lipinski definition) is 9. The Kier molecular flexibility index (Phi) is 6.51. The fourth-order valence-electron chi connectivity index (χ4n) is 4.18. The van der Waals surface area contributed by atoms with E-state index in [9.17, 15) is 13.2 Å². The van der Waals surface area contributed by atoms with Gasteiger partial charge in [0, 0.05) is 44.1 Å². The SMILES string of the molecule is CCOc1ncc(S(=O)(=O)N2CCN(CC)CC2)cc1-c1nc2c(-c3cccnc3)n[nH]c2c(=O)[nH]1. The summed E-state index contributed by atoms with van der Waals surface area (Å²) in [7, 11) is -3.81. The highest BCUT2D eigenvalue weighted by Gasteiger charge is 2.30. The highest BCUT2D eigenvalue weighted by atomic mass is 32.2. The number of likely N-dealkylation sites (N-methyl/N-ethyl adjacent to an activating group) is 1. The van der Waals surface area contributed by atoms with Crippen LogP contribution in [0.15, 0.2) is 46.5 Å². The van der Waals surface area contributed by atoms with Gasteiger partial charge in [0.2, 0.25) is 15.9 Å². The maximum Gasteiger partial charge on any atom is 0.277 e. The van der Waals surface area contributed by atoms with Crippen molar-refractivity contribution < 1.29 is 13.2 Å². The van der Waals surface area contributed by atoms with Crippen LogP contribution in [0.4, 0.5) is 0 Å². The Morgan fingerprint density at radius 2 is 1.94 bits per heavy atom. The first-order valence-corrected chi connectivity index (χ1v) is 13.1. The predicted octanol–water partition coefficient (Wildman–Crippen LogP) is 1.50. The van der Waals surface area contributed by atoms with E-state index in [0.717, 1.165) is 6.54 Å². The van der Waals surface area contributed by atoms with Gasteiger partial charge in [0.05, 0.1) is 18.4 Å². The summed E-state index contributed by atoms with van der Waals surface area (Å²) < 4.78 is 34.0. The molecule has 1 aliphatic rings.